The predicted molar refractivity (Wildman–Crippen MR) is 61.6 cm³/mol. The Labute approximate surface area is 99.5 Å². The Morgan fingerprint density at radius 1 is 1.71 bits per heavy atom. The molecule has 0 saturated heterocycles. The van der Waals surface area contributed by atoms with E-state index in [0.717, 1.165) is 0 Å². The summed E-state index contributed by atoms with van der Waals surface area (Å²) in [5, 5.41) is 12.1. The molecule has 1 N–H and O–H groups in total. The lowest BCUT2D eigenvalue weighted by Crippen LogP contribution is -2.43. The van der Waals surface area contributed by atoms with E-state index < -0.39 is 12.1 Å². The first kappa shape index (κ1) is 13.2. The molecule has 1 unspecified atom stereocenters. The van der Waals surface area contributed by atoms with E-state index in [9.17, 15) is 9.59 Å². The normalized spacial score (nSPS) is 18.5. The number of carboxylic acids is 1. The van der Waals surface area contributed by atoms with Gasteiger partial charge in [-0.25, -0.2) is 4.79 Å². The summed E-state index contributed by atoms with van der Waals surface area (Å²) in [6.07, 6.45) is 0.795. The molecule has 1 aliphatic heterocycles. The van der Waals surface area contributed by atoms with Gasteiger partial charge >= 0.3 is 5.97 Å². The van der Waals surface area contributed by atoms with Crippen molar-refractivity contribution in [2.75, 3.05) is 6.54 Å². The molecule has 17 heavy (non-hydrogen) atoms. The average Bonchev–Trinajstić information content (AvgIpc) is 2.73. The highest BCUT2D eigenvalue weighted by Crippen LogP contribution is 2.15. The molecule has 1 heterocycles. The largest absolute Gasteiger partial charge is 0.477 e. The zero-order valence-electron chi connectivity index (χ0n) is 9.92. The van der Waals surface area contributed by atoms with Gasteiger partial charge in [-0.05, 0) is 13.8 Å². The highest BCUT2D eigenvalue weighted by Gasteiger charge is 2.34. The number of carbonyl (C=O) groups is 2. The summed E-state index contributed by atoms with van der Waals surface area (Å²) in [5.41, 5.74) is -0.120. The van der Waals surface area contributed by atoms with Gasteiger partial charge in [0.1, 0.15) is 0 Å². The lowest BCUT2D eigenvalue weighted by molar-refractivity contribution is -0.143. The van der Waals surface area contributed by atoms with Gasteiger partial charge in [-0.1, -0.05) is 11.2 Å². The van der Waals surface area contributed by atoms with Crippen molar-refractivity contribution in [3.8, 4) is 0 Å². The number of hydrogen-bond acceptors (Lipinski definition) is 4. The number of carboxylic acid groups (broad SMARTS) is 1. The highest BCUT2D eigenvalue weighted by molar-refractivity contribution is 6.36. The third-order valence-corrected chi connectivity index (χ3v) is 2.42. The molecule has 0 aromatic heterocycles. The maximum absolute atomic E-state index is 12.0. The first-order chi connectivity index (χ1) is 7.97. The van der Waals surface area contributed by atoms with Crippen molar-refractivity contribution in [3.63, 3.8) is 0 Å². The van der Waals surface area contributed by atoms with Crippen molar-refractivity contribution >= 4 is 17.6 Å². The van der Waals surface area contributed by atoms with Crippen molar-refractivity contribution in [2.45, 2.75) is 32.4 Å². The van der Waals surface area contributed by atoms with Crippen LogP contribution in [0.25, 0.3) is 0 Å². The first-order valence-electron chi connectivity index (χ1n) is 5.34. The molecule has 1 rings (SSSR count). The second-order valence-corrected chi connectivity index (χ2v) is 4.01. The number of rotatable bonds is 5. The molecule has 0 aromatic rings. The lowest BCUT2D eigenvalue weighted by atomic mass is 10.1. The van der Waals surface area contributed by atoms with Gasteiger partial charge in [-0.2, -0.15) is 0 Å². The van der Waals surface area contributed by atoms with E-state index in [1.54, 1.807) is 11.0 Å². The van der Waals surface area contributed by atoms with Crippen LogP contribution in [0.15, 0.2) is 17.8 Å². The minimum atomic E-state index is -1.15. The molecule has 6 heteroatoms. The van der Waals surface area contributed by atoms with Crippen LogP contribution in [0.1, 0.15) is 20.3 Å². The van der Waals surface area contributed by atoms with Crippen LogP contribution in [0.2, 0.25) is 0 Å². The van der Waals surface area contributed by atoms with Gasteiger partial charge in [-0.15, -0.1) is 6.58 Å². The van der Waals surface area contributed by atoms with Crippen LogP contribution < -0.4 is 0 Å². The van der Waals surface area contributed by atoms with Gasteiger partial charge in [0.25, 0.3) is 5.91 Å². The van der Waals surface area contributed by atoms with Gasteiger partial charge in [0.2, 0.25) is 6.10 Å². The number of nitrogens with zero attached hydrogens (tertiary/aromatic N) is 2. The summed E-state index contributed by atoms with van der Waals surface area (Å²) in [6.45, 7) is 7.72. The van der Waals surface area contributed by atoms with Crippen LogP contribution in [-0.2, 0) is 14.4 Å². The number of aliphatic carboxylic acids is 1. The Kier molecular flexibility index (Phi) is 4.25. The molecule has 0 aliphatic carbocycles. The SMILES string of the molecule is C=CCN(C(=O)C1CC(C(=O)O)=NO1)C(C)C. The van der Waals surface area contributed by atoms with E-state index in [4.69, 9.17) is 9.94 Å². The van der Waals surface area contributed by atoms with Crippen LogP contribution in [0, 0.1) is 0 Å². The van der Waals surface area contributed by atoms with Crippen molar-refractivity contribution < 1.29 is 19.5 Å². The number of amides is 1. The Balaban J connectivity index is 2.66. The molecule has 0 saturated carbocycles. The topological polar surface area (TPSA) is 79.2 Å². The fourth-order valence-electron chi connectivity index (χ4n) is 1.52. The van der Waals surface area contributed by atoms with E-state index >= 15 is 0 Å². The number of hydrogen-bond donors (Lipinski definition) is 1. The first-order valence-corrected chi connectivity index (χ1v) is 5.34. The van der Waals surface area contributed by atoms with E-state index in [1.165, 1.54) is 0 Å². The monoisotopic (exact) mass is 240 g/mol. The van der Waals surface area contributed by atoms with Crippen LogP contribution in [-0.4, -0.2) is 46.3 Å². The van der Waals surface area contributed by atoms with E-state index in [2.05, 4.69) is 11.7 Å². The van der Waals surface area contributed by atoms with E-state index in [-0.39, 0.29) is 24.1 Å². The van der Waals surface area contributed by atoms with Gasteiger partial charge in [0.15, 0.2) is 5.71 Å². The second-order valence-electron chi connectivity index (χ2n) is 4.01. The average molecular weight is 240 g/mol. The van der Waals surface area contributed by atoms with Gasteiger partial charge in [-0.3, -0.25) is 4.79 Å². The third-order valence-electron chi connectivity index (χ3n) is 2.42. The molecule has 0 spiro atoms. The standard InChI is InChI=1S/C11H16N2O4/c1-4-5-13(7(2)3)10(14)9-6-8(11(15)16)12-17-9/h4,7,9H,1,5-6H2,2-3H3,(H,15,16). The van der Waals surface area contributed by atoms with Gasteiger partial charge in [0, 0.05) is 19.0 Å². The zero-order valence-corrected chi connectivity index (χ0v) is 9.92. The molecule has 0 aromatic carbocycles. The molecular weight excluding hydrogens is 224 g/mol. The molecule has 1 aliphatic rings. The zero-order chi connectivity index (χ0) is 13.0. The summed E-state index contributed by atoms with van der Waals surface area (Å²) in [5.74, 6) is -1.42. The summed E-state index contributed by atoms with van der Waals surface area (Å²) in [6, 6.07) is -0.00187. The van der Waals surface area contributed by atoms with Crippen molar-refractivity contribution in [3.05, 3.63) is 12.7 Å². The highest BCUT2D eigenvalue weighted by atomic mass is 16.6. The Bertz CT molecular complexity index is 362. The van der Waals surface area contributed by atoms with Gasteiger partial charge in [0.05, 0.1) is 0 Å². The van der Waals surface area contributed by atoms with Crippen LogP contribution in [0.3, 0.4) is 0 Å². The number of carbonyl (C=O) groups excluding carboxylic acids is 1. The molecule has 0 fully saturated rings. The molecule has 0 radical (unpaired) electrons. The maximum atomic E-state index is 12.0. The van der Waals surface area contributed by atoms with Crippen molar-refractivity contribution in [1.82, 2.24) is 4.90 Å². The van der Waals surface area contributed by atoms with Crippen molar-refractivity contribution in [1.29, 1.82) is 0 Å². The van der Waals surface area contributed by atoms with Crippen LogP contribution in [0.4, 0.5) is 0 Å². The summed E-state index contributed by atoms with van der Waals surface area (Å²) >= 11 is 0. The minimum Gasteiger partial charge on any atom is -0.477 e. The Morgan fingerprint density at radius 3 is 2.76 bits per heavy atom. The Hall–Kier alpha value is -1.85. The smallest absolute Gasteiger partial charge is 0.353 e. The fraction of sp³-hybridized carbons (Fsp3) is 0.545. The summed E-state index contributed by atoms with van der Waals surface area (Å²) in [7, 11) is 0. The van der Waals surface area contributed by atoms with Crippen molar-refractivity contribution in [2.24, 2.45) is 5.16 Å². The van der Waals surface area contributed by atoms with E-state index in [0.29, 0.717) is 6.54 Å². The van der Waals surface area contributed by atoms with Crippen LogP contribution >= 0.6 is 0 Å². The van der Waals surface area contributed by atoms with Gasteiger partial charge < -0.3 is 14.8 Å². The molecule has 94 valence electrons. The maximum Gasteiger partial charge on any atom is 0.353 e. The molecule has 0 bridgehead atoms. The molecule has 1 amide bonds. The lowest BCUT2D eigenvalue weighted by Gasteiger charge is -2.27. The quantitative estimate of drug-likeness (QED) is 0.715. The third kappa shape index (κ3) is 3.05. The second kappa shape index (κ2) is 5.47. The van der Waals surface area contributed by atoms with E-state index in [1.807, 2.05) is 13.8 Å². The fourth-order valence-corrected chi connectivity index (χ4v) is 1.52. The minimum absolute atomic E-state index is 0.00187. The molecular formula is C11H16N2O4. The Morgan fingerprint density at radius 2 is 2.35 bits per heavy atom. The molecule has 6 nitrogen and oxygen atoms in total. The van der Waals surface area contributed by atoms with Crippen LogP contribution in [0.5, 0.6) is 0 Å². The summed E-state index contributed by atoms with van der Waals surface area (Å²) in [4.78, 5) is 29.1. The summed E-state index contributed by atoms with van der Waals surface area (Å²) < 4.78 is 0. The predicted octanol–water partition coefficient (Wildman–Crippen LogP) is 0.639. The molecule has 1 atom stereocenters. The number of oxime groups is 1.